The third-order valence-corrected chi connectivity index (χ3v) is 2.40. The molecule has 1 aromatic rings. The number of benzene rings is 1. The fourth-order valence-corrected chi connectivity index (χ4v) is 1.74. The lowest BCUT2D eigenvalue weighted by molar-refractivity contribution is -0.114. The molecule has 0 saturated carbocycles. The molecule has 1 aromatic carbocycles. The van der Waals surface area contributed by atoms with Gasteiger partial charge in [-0.25, -0.2) is 0 Å². The Morgan fingerprint density at radius 3 is 2.76 bits per heavy atom. The molecule has 0 aliphatic carbocycles. The zero-order valence-corrected chi connectivity index (χ0v) is 10.4. The van der Waals surface area contributed by atoms with Crippen LogP contribution in [0.3, 0.4) is 0 Å². The van der Waals surface area contributed by atoms with Crippen LogP contribution in [-0.2, 0) is 4.79 Å². The Bertz CT molecular complexity index is 360. The van der Waals surface area contributed by atoms with Gasteiger partial charge in [-0.1, -0.05) is 13.0 Å². The predicted octanol–water partition coefficient (Wildman–Crippen LogP) is 1.85. The van der Waals surface area contributed by atoms with Gasteiger partial charge in [0.15, 0.2) is 0 Å². The minimum absolute atomic E-state index is 0.0775. The molecule has 0 atom stereocenters. The summed E-state index contributed by atoms with van der Waals surface area (Å²) in [5, 5.41) is 11.8. The summed E-state index contributed by atoms with van der Waals surface area (Å²) >= 11 is 0. The highest BCUT2D eigenvalue weighted by atomic mass is 16.3. The minimum atomic E-state index is -0.0775. The second kappa shape index (κ2) is 6.91. The van der Waals surface area contributed by atoms with Crippen LogP contribution in [0.2, 0.25) is 0 Å². The number of carbonyl (C=O) groups excluding carboxylic acids is 1. The first-order chi connectivity index (χ1) is 8.17. The van der Waals surface area contributed by atoms with Gasteiger partial charge >= 0.3 is 0 Å². The number of rotatable bonds is 6. The SMILES string of the molecule is CCCN(CCO)c1cccc(NC(C)=O)c1. The average molecular weight is 236 g/mol. The van der Waals surface area contributed by atoms with E-state index in [4.69, 9.17) is 5.11 Å². The predicted molar refractivity (Wildman–Crippen MR) is 70.3 cm³/mol. The number of hydrogen-bond acceptors (Lipinski definition) is 3. The lowest BCUT2D eigenvalue weighted by Gasteiger charge is -2.23. The summed E-state index contributed by atoms with van der Waals surface area (Å²) in [6.07, 6.45) is 1.02. The molecule has 17 heavy (non-hydrogen) atoms. The lowest BCUT2D eigenvalue weighted by atomic mass is 10.2. The van der Waals surface area contributed by atoms with Gasteiger partial charge in [-0.15, -0.1) is 0 Å². The quantitative estimate of drug-likeness (QED) is 0.792. The van der Waals surface area contributed by atoms with Gasteiger partial charge in [-0.3, -0.25) is 4.79 Å². The molecule has 0 spiro atoms. The summed E-state index contributed by atoms with van der Waals surface area (Å²) in [5.74, 6) is -0.0775. The molecule has 0 aliphatic rings. The van der Waals surface area contributed by atoms with Crippen molar-refractivity contribution in [3.8, 4) is 0 Å². The summed E-state index contributed by atoms with van der Waals surface area (Å²) in [4.78, 5) is 13.1. The highest BCUT2D eigenvalue weighted by Crippen LogP contribution is 2.19. The summed E-state index contributed by atoms with van der Waals surface area (Å²) in [6.45, 7) is 5.22. The highest BCUT2D eigenvalue weighted by Gasteiger charge is 2.05. The standard InChI is InChI=1S/C13H20N2O2/c1-3-7-15(8-9-16)13-6-4-5-12(10-13)14-11(2)17/h4-6,10,16H,3,7-9H2,1-2H3,(H,14,17). The van der Waals surface area contributed by atoms with Crippen LogP contribution >= 0.6 is 0 Å². The van der Waals surface area contributed by atoms with Crippen molar-refractivity contribution in [1.82, 2.24) is 0 Å². The number of hydrogen-bond donors (Lipinski definition) is 2. The third kappa shape index (κ3) is 4.44. The van der Waals surface area contributed by atoms with Gasteiger partial charge in [0.2, 0.25) is 5.91 Å². The van der Waals surface area contributed by atoms with E-state index in [9.17, 15) is 4.79 Å². The maximum absolute atomic E-state index is 11.0. The summed E-state index contributed by atoms with van der Waals surface area (Å²) in [7, 11) is 0. The van der Waals surface area contributed by atoms with Crippen LogP contribution in [0.1, 0.15) is 20.3 Å². The molecule has 0 radical (unpaired) electrons. The third-order valence-electron chi connectivity index (χ3n) is 2.40. The van der Waals surface area contributed by atoms with Crippen molar-refractivity contribution in [1.29, 1.82) is 0 Å². The van der Waals surface area contributed by atoms with Crippen LogP contribution in [-0.4, -0.2) is 30.7 Å². The second-order valence-corrected chi connectivity index (χ2v) is 3.94. The molecular weight excluding hydrogens is 216 g/mol. The Morgan fingerprint density at radius 1 is 1.41 bits per heavy atom. The molecule has 94 valence electrons. The Balaban J connectivity index is 2.83. The largest absolute Gasteiger partial charge is 0.395 e. The van der Waals surface area contributed by atoms with Crippen LogP contribution < -0.4 is 10.2 Å². The molecular formula is C13H20N2O2. The number of aliphatic hydroxyl groups is 1. The first-order valence-electron chi connectivity index (χ1n) is 5.90. The molecule has 0 saturated heterocycles. The van der Waals surface area contributed by atoms with Crippen molar-refractivity contribution in [3.63, 3.8) is 0 Å². The van der Waals surface area contributed by atoms with Crippen molar-refractivity contribution < 1.29 is 9.90 Å². The monoisotopic (exact) mass is 236 g/mol. The first-order valence-corrected chi connectivity index (χ1v) is 5.90. The van der Waals surface area contributed by atoms with E-state index < -0.39 is 0 Å². The number of nitrogens with zero attached hydrogens (tertiary/aromatic N) is 1. The van der Waals surface area contributed by atoms with Crippen molar-refractivity contribution >= 4 is 17.3 Å². The maximum atomic E-state index is 11.0. The van der Waals surface area contributed by atoms with E-state index >= 15 is 0 Å². The molecule has 4 heteroatoms. The number of aliphatic hydroxyl groups excluding tert-OH is 1. The topological polar surface area (TPSA) is 52.6 Å². The zero-order valence-electron chi connectivity index (χ0n) is 10.4. The molecule has 0 fully saturated rings. The fourth-order valence-electron chi connectivity index (χ4n) is 1.74. The van der Waals surface area contributed by atoms with Crippen LogP contribution in [0.4, 0.5) is 11.4 Å². The summed E-state index contributed by atoms with van der Waals surface area (Å²) in [5.41, 5.74) is 1.81. The fraction of sp³-hybridized carbons (Fsp3) is 0.462. The highest BCUT2D eigenvalue weighted by molar-refractivity contribution is 5.89. The van der Waals surface area contributed by atoms with Crippen LogP contribution in [0.5, 0.6) is 0 Å². The number of nitrogens with one attached hydrogen (secondary N) is 1. The molecule has 0 bridgehead atoms. The maximum Gasteiger partial charge on any atom is 0.221 e. The number of carbonyl (C=O) groups is 1. The van der Waals surface area contributed by atoms with Crippen molar-refractivity contribution in [2.24, 2.45) is 0 Å². The van der Waals surface area contributed by atoms with Gasteiger partial charge in [0.25, 0.3) is 0 Å². The average Bonchev–Trinajstić information content (AvgIpc) is 2.28. The van der Waals surface area contributed by atoms with E-state index in [1.165, 1.54) is 6.92 Å². The zero-order chi connectivity index (χ0) is 12.7. The molecule has 4 nitrogen and oxygen atoms in total. The van der Waals surface area contributed by atoms with E-state index in [0.717, 1.165) is 24.3 Å². The Labute approximate surface area is 102 Å². The minimum Gasteiger partial charge on any atom is -0.395 e. The van der Waals surface area contributed by atoms with Crippen LogP contribution in [0.15, 0.2) is 24.3 Å². The molecule has 1 amide bonds. The second-order valence-electron chi connectivity index (χ2n) is 3.94. The van der Waals surface area contributed by atoms with Crippen LogP contribution in [0.25, 0.3) is 0 Å². The van der Waals surface area contributed by atoms with Crippen molar-refractivity contribution in [3.05, 3.63) is 24.3 Å². The molecule has 2 N–H and O–H groups in total. The Kier molecular flexibility index (Phi) is 5.49. The van der Waals surface area contributed by atoms with E-state index in [1.54, 1.807) is 0 Å². The van der Waals surface area contributed by atoms with Gasteiger partial charge in [0.1, 0.15) is 0 Å². The van der Waals surface area contributed by atoms with E-state index in [1.807, 2.05) is 24.3 Å². The molecule has 0 unspecified atom stereocenters. The lowest BCUT2D eigenvalue weighted by Crippen LogP contribution is -2.27. The van der Waals surface area contributed by atoms with Gasteiger partial charge in [0, 0.05) is 31.4 Å². The van der Waals surface area contributed by atoms with Gasteiger partial charge < -0.3 is 15.3 Å². The number of anilines is 2. The van der Waals surface area contributed by atoms with E-state index in [2.05, 4.69) is 17.1 Å². The van der Waals surface area contributed by atoms with E-state index in [0.29, 0.717) is 6.54 Å². The van der Waals surface area contributed by atoms with Gasteiger partial charge in [-0.2, -0.15) is 0 Å². The summed E-state index contributed by atoms with van der Waals surface area (Å²) < 4.78 is 0. The van der Waals surface area contributed by atoms with Gasteiger partial charge in [0.05, 0.1) is 6.61 Å². The normalized spacial score (nSPS) is 10.1. The van der Waals surface area contributed by atoms with E-state index in [-0.39, 0.29) is 12.5 Å². The number of amides is 1. The van der Waals surface area contributed by atoms with Crippen molar-refractivity contribution in [2.75, 3.05) is 29.9 Å². The van der Waals surface area contributed by atoms with Crippen LogP contribution in [0, 0.1) is 0 Å². The Morgan fingerprint density at radius 2 is 2.18 bits per heavy atom. The molecule has 0 heterocycles. The summed E-state index contributed by atoms with van der Waals surface area (Å²) in [6, 6.07) is 7.66. The Hall–Kier alpha value is -1.55. The molecule has 0 aromatic heterocycles. The first kappa shape index (κ1) is 13.5. The smallest absolute Gasteiger partial charge is 0.221 e. The molecule has 0 aliphatic heterocycles. The van der Waals surface area contributed by atoms with Crippen molar-refractivity contribution in [2.45, 2.75) is 20.3 Å². The van der Waals surface area contributed by atoms with Gasteiger partial charge in [-0.05, 0) is 24.6 Å². The molecule has 1 rings (SSSR count).